The van der Waals surface area contributed by atoms with Crippen molar-refractivity contribution in [1.29, 1.82) is 0 Å². The highest BCUT2D eigenvalue weighted by Gasteiger charge is 2.30. The number of hydrogen-bond acceptors (Lipinski definition) is 10. The third-order valence-electron chi connectivity index (χ3n) is 7.77. The highest BCUT2D eigenvalue weighted by Crippen LogP contribution is 2.34. The van der Waals surface area contributed by atoms with Crippen LogP contribution in [-0.4, -0.2) is 83.3 Å². The van der Waals surface area contributed by atoms with Crippen molar-refractivity contribution in [2.75, 3.05) is 46.8 Å². The smallest absolute Gasteiger partial charge is 0.314 e. The van der Waals surface area contributed by atoms with Crippen LogP contribution < -0.4 is 9.47 Å². The minimum atomic E-state index is -2.80. The third kappa shape index (κ3) is 10.4. The van der Waals surface area contributed by atoms with E-state index < -0.39 is 12.4 Å². The number of esters is 1. The zero-order valence-electron chi connectivity index (χ0n) is 23.2. The topological polar surface area (TPSA) is 107 Å². The Bertz CT molecular complexity index is 942. The summed E-state index contributed by atoms with van der Waals surface area (Å²) in [5.74, 6) is -0.660. The SMILES string of the molecule is O=C(Oc1ccc(OCOC2CCC(OCOCC3CO3)CC2)c(C(F)F)c1)C1CCC(OCOCC2CO2)CC1. The summed E-state index contributed by atoms with van der Waals surface area (Å²) in [4.78, 5) is 12.7. The zero-order valence-corrected chi connectivity index (χ0v) is 23.2. The minimum absolute atomic E-state index is 0.00160. The van der Waals surface area contributed by atoms with Crippen LogP contribution in [0.1, 0.15) is 63.4 Å². The number of rotatable bonds is 17. The molecule has 2 unspecified atom stereocenters. The average Bonchev–Trinajstić information content (AvgIpc) is 3.91. The van der Waals surface area contributed by atoms with Crippen LogP contribution in [0.2, 0.25) is 0 Å². The highest BCUT2D eigenvalue weighted by atomic mass is 19.3. The summed E-state index contributed by atoms with van der Waals surface area (Å²) in [7, 11) is 0. The lowest BCUT2D eigenvalue weighted by atomic mass is 9.87. The first-order chi connectivity index (χ1) is 20.0. The van der Waals surface area contributed by atoms with E-state index in [1.54, 1.807) is 0 Å². The number of hydrogen-bond donors (Lipinski definition) is 0. The van der Waals surface area contributed by atoms with E-state index in [4.69, 9.17) is 42.6 Å². The quantitative estimate of drug-likeness (QED) is 0.0850. The number of carbonyl (C=O) groups is 1. The van der Waals surface area contributed by atoms with Crippen molar-refractivity contribution < 1.29 is 56.2 Å². The molecule has 0 N–H and O–H groups in total. The van der Waals surface area contributed by atoms with Gasteiger partial charge in [0.15, 0.2) is 6.79 Å². The van der Waals surface area contributed by atoms with Gasteiger partial charge in [-0.15, -0.1) is 0 Å². The van der Waals surface area contributed by atoms with Crippen molar-refractivity contribution in [3.63, 3.8) is 0 Å². The molecule has 2 aliphatic carbocycles. The second-order valence-corrected chi connectivity index (χ2v) is 10.9. The van der Waals surface area contributed by atoms with Crippen LogP contribution in [0.15, 0.2) is 18.2 Å². The fourth-order valence-corrected chi connectivity index (χ4v) is 5.09. The number of epoxide rings is 2. The van der Waals surface area contributed by atoms with E-state index in [1.807, 2.05) is 0 Å². The summed E-state index contributed by atoms with van der Waals surface area (Å²) in [5.41, 5.74) is -0.346. The first-order valence-electron chi connectivity index (χ1n) is 14.5. The zero-order chi connectivity index (χ0) is 28.4. The Balaban J connectivity index is 0.983. The van der Waals surface area contributed by atoms with Crippen molar-refractivity contribution in [3.05, 3.63) is 23.8 Å². The molecule has 4 aliphatic rings. The molecule has 2 aliphatic heterocycles. The number of carbonyl (C=O) groups excluding carboxylic acids is 1. The van der Waals surface area contributed by atoms with E-state index in [1.165, 1.54) is 12.1 Å². The summed E-state index contributed by atoms with van der Waals surface area (Å²) < 4.78 is 76.8. The van der Waals surface area contributed by atoms with Crippen LogP contribution in [0, 0.1) is 5.92 Å². The number of halogens is 2. The molecule has 0 spiro atoms. The summed E-state index contributed by atoms with van der Waals surface area (Å²) in [6.45, 7) is 2.90. The van der Waals surface area contributed by atoms with Crippen molar-refractivity contribution in [2.45, 2.75) is 88.3 Å². The predicted molar refractivity (Wildman–Crippen MR) is 139 cm³/mol. The van der Waals surface area contributed by atoms with E-state index in [0.717, 1.165) is 45.0 Å². The van der Waals surface area contributed by atoms with Gasteiger partial charge in [0.1, 0.15) is 37.3 Å². The van der Waals surface area contributed by atoms with Gasteiger partial charge < -0.3 is 42.6 Å². The van der Waals surface area contributed by atoms with Crippen molar-refractivity contribution in [3.8, 4) is 11.5 Å². The molecular weight excluding hydrogens is 546 g/mol. The molecule has 4 fully saturated rings. The Morgan fingerprint density at radius 3 is 1.80 bits per heavy atom. The minimum Gasteiger partial charge on any atom is -0.467 e. The van der Waals surface area contributed by atoms with Crippen LogP contribution in [0.5, 0.6) is 11.5 Å². The Morgan fingerprint density at radius 2 is 1.29 bits per heavy atom. The molecule has 2 saturated carbocycles. The van der Waals surface area contributed by atoms with Gasteiger partial charge in [-0.1, -0.05) is 0 Å². The molecule has 1 aromatic rings. The Morgan fingerprint density at radius 1 is 0.780 bits per heavy atom. The van der Waals surface area contributed by atoms with Gasteiger partial charge >= 0.3 is 5.97 Å². The van der Waals surface area contributed by atoms with Gasteiger partial charge in [0.2, 0.25) is 0 Å². The molecular formula is C29H40F2O10. The average molecular weight is 587 g/mol. The Hall–Kier alpha value is -1.93. The fraction of sp³-hybridized carbons (Fsp3) is 0.759. The van der Waals surface area contributed by atoms with Crippen LogP contribution in [0.4, 0.5) is 8.78 Å². The molecule has 0 aromatic heterocycles. The molecule has 0 radical (unpaired) electrons. The van der Waals surface area contributed by atoms with Crippen molar-refractivity contribution in [1.82, 2.24) is 0 Å². The van der Waals surface area contributed by atoms with Crippen LogP contribution >= 0.6 is 0 Å². The molecule has 2 saturated heterocycles. The standard InChI is InChI=1S/C29H40F2O10/c30-28(31)26-11-23(41-29(32)19-1-3-20(4-2-19)37-16-33-12-24-14-35-24)9-10-27(26)40-18-39-22-7-5-21(6-8-22)38-17-34-13-25-15-36-25/h9-11,19-22,24-25,28H,1-8,12-18H2. The van der Waals surface area contributed by atoms with Crippen LogP contribution in [0.3, 0.4) is 0 Å². The highest BCUT2D eigenvalue weighted by molar-refractivity contribution is 5.75. The van der Waals surface area contributed by atoms with Gasteiger partial charge in [0, 0.05) is 0 Å². The van der Waals surface area contributed by atoms with E-state index in [2.05, 4.69) is 0 Å². The molecule has 10 nitrogen and oxygen atoms in total. The predicted octanol–water partition coefficient (Wildman–Crippen LogP) is 4.53. The number of alkyl halides is 2. The van der Waals surface area contributed by atoms with E-state index in [0.29, 0.717) is 38.9 Å². The summed E-state index contributed by atoms with van der Waals surface area (Å²) in [6.07, 6.45) is 3.57. The molecule has 2 heterocycles. The fourth-order valence-electron chi connectivity index (χ4n) is 5.09. The first-order valence-corrected chi connectivity index (χ1v) is 14.5. The largest absolute Gasteiger partial charge is 0.467 e. The molecule has 2 atom stereocenters. The van der Waals surface area contributed by atoms with Gasteiger partial charge in [0.05, 0.1) is 56.2 Å². The number of benzene rings is 1. The Kier molecular flexibility index (Phi) is 11.6. The van der Waals surface area contributed by atoms with Gasteiger partial charge in [-0.2, -0.15) is 0 Å². The van der Waals surface area contributed by atoms with Crippen molar-refractivity contribution in [2.24, 2.45) is 5.92 Å². The van der Waals surface area contributed by atoms with E-state index in [9.17, 15) is 13.6 Å². The van der Waals surface area contributed by atoms with Gasteiger partial charge in [-0.05, 0) is 69.6 Å². The van der Waals surface area contributed by atoms with Crippen molar-refractivity contribution >= 4 is 5.97 Å². The van der Waals surface area contributed by atoms with E-state index in [-0.39, 0.29) is 73.9 Å². The lowest BCUT2D eigenvalue weighted by molar-refractivity contribution is -0.143. The second-order valence-electron chi connectivity index (χ2n) is 10.9. The molecule has 41 heavy (non-hydrogen) atoms. The maximum atomic E-state index is 13.8. The molecule has 12 heteroatoms. The molecule has 1 aromatic carbocycles. The van der Waals surface area contributed by atoms with Gasteiger partial charge in [0.25, 0.3) is 6.43 Å². The first kappa shape index (κ1) is 30.5. The molecule has 230 valence electrons. The maximum absolute atomic E-state index is 13.8. The summed E-state index contributed by atoms with van der Waals surface area (Å²) >= 11 is 0. The van der Waals surface area contributed by atoms with Crippen LogP contribution in [-0.2, 0) is 38.0 Å². The van der Waals surface area contributed by atoms with Gasteiger partial charge in [-0.3, -0.25) is 4.79 Å². The monoisotopic (exact) mass is 586 g/mol. The van der Waals surface area contributed by atoms with Gasteiger partial charge in [-0.25, -0.2) is 8.78 Å². The van der Waals surface area contributed by atoms with E-state index >= 15 is 0 Å². The summed E-state index contributed by atoms with van der Waals surface area (Å²) in [5, 5.41) is 0. The third-order valence-corrected chi connectivity index (χ3v) is 7.77. The maximum Gasteiger partial charge on any atom is 0.314 e. The lowest BCUT2D eigenvalue weighted by Gasteiger charge is -2.28. The lowest BCUT2D eigenvalue weighted by Crippen LogP contribution is -2.29. The number of ether oxygens (including phenoxy) is 9. The van der Waals surface area contributed by atoms with Crippen LogP contribution in [0.25, 0.3) is 0 Å². The summed E-state index contributed by atoms with van der Waals surface area (Å²) in [6, 6.07) is 4.02. The molecule has 5 rings (SSSR count). The molecule has 0 bridgehead atoms. The molecule has 0 amide bonds. The second kappa shape index (κ2) is 15.5. The Labute approximate surface area is 238 Å². The normalized spacial score (nSPS) is 29.3.